The van der Waals surface area contributed by atoms with Crippen molar-refractivity contribution in [3.8, 4) is 5.75 Å². The molecule has 3 nitrogen and oxygen atoms in total. The normalized spacial score (nSPS) is 10.9. The molecular formula is C24H21ClN2O. The van der Waals surface area contributed by atoms with E-state index in [2.05, 4.69) is 40.6 Å². The van der Waals surface area contributed by atoms with Gasteiger partial charge >= 0.3 is 0 Å². The number of ether oxygens (including phenoxy) is 1. The monoisotopic (exact) mass is 388 g/mol. The third kappa shape index (κ3) is 4.33. The fraction of sp³-hybridized carbons (Fsp3) is 0.125. The number of nitrogens with zero attached hydrogens (tertiary/aromatic N) is 1. The van der Waals surface area contributed by atoms with Crippen LogP contribution in [0.1, 0.15) is 16.7 Å². The van der Waals surface area contributed by atoms with E-state index in [-0.39, 0.29) is 0 Å². The summed E-state index contributed by atoms with van der Waals surface area (Å²) in [6, 6.07) is 24.3. The molecule has 3 aromatic carbocycles. The Balaban J connectivity index is 1.56. The van der Waals surface area contributed by atoms with Crippen molar-refractivity contribution in [2.45, 2.75) is 19.7 Å². The van der Waals surface area contributed by atoms with Crippen LogP contribution in [-0.2, 0) is 19.7 Å². The van der Waals surface area contributed by atoms with Crippen molar-refractivity contribution in [3.63, 3.8) is 0 Å². The molecule has 0 fully saturated rings. The molecule has 0 aliphatic rings. The average Bonchev–Trinajstić information content (AvgIpc) is 2.74. The van der Waals surface area contributed by atoms with Gasteiger partial charge in [0.1, 0.15) is 12.4 Å². The molecule has 0 aliphatic heterocycles. The van der Waals surface area contributed by atoms with Gasteiger partial charge < -0.3 is 10.1 Å². The lowest BCUT2D eigenvalue weighted by Gasteiger charge is -2.16. The summed E-state index contributed by atoms with van der Waals surface area (Å²) in [5.74, 6) is 0.876. The Morgan fingerprint density at radius 3 is 2.46 bits per heavy atom. The molecule has 0 atom stereocenters. The van der Waals surface area contributed by atoms with E-state index in [0.29, 0.717) is 13.2 Å². The fourth-order valence-electron chi connectivity index (χ4n) is 3.24. The Labute approximate surface area is 170 Å². The van der Waals surface area contributed by atoms with Crippen molar-refractivity contribution in [1.29, 1.82) is 0 Å². The van der Waals surface area contributed by atoms with Gasteiger partial charge in [0.05, 0.1) is 0 Å². The highest BCUT2D eigenvalue weighted by atomic mass is 35.5. The first-order chi connectivity index (χ1) is 13.8. The van der Waals surface area contributed by atoms with Gasteiger partial charge in [-0.25, -0.2) is 0 Å². The van der Waals surface area contributed by atoms with Crippen molar-refractivity contribution in [2.75, 3.05) is 0 Å². The second-order valence-corrected chi connectivity index (χ2v) is 7.01. The summed E-state index contributed by atoms with van der Waals surface area (Å²) in [4.78, 5) is 4.07. The van der Waals surface area contributed by atoms with E-state index in [4.69, 9.17) is 16.3 Å². The molecule has 0 saturated heterocycles. The predicted molar refractivity (Wildman–Crippen MR) is 115 cm³/mol. The lowest BCUT2D eigenvalue weighted by molar-refractivity contribution is 0.303. The number of benzene rings is 3. The quantitative estimate of drug-likeness (QED) is 0.437. The number of hydrogen-bond acceptors (Lipinski definition) is 3. The topological polar surface area (TPSA) is 34.1 Å². The third-order valence-corrected chi connectivity index (χ3v) is 5.09. The Morgan fingerprint density at radius 2 is 1.61 bits per heavy atom. The number of halogens is 1. The standard InChI is InChI=1S/C24H21ClN2O/c25-23-8-4-2-6-20(23)17-28-24-10-9-19-5-1-3-7-21(19)22(24)16-27-15-18-11-13-26-14-12-18/h1-14,27H,15-17H2. The summed E-state index contributed by atoms with van der Waals surface area (Å²) in [5.41, 5.74) is 3.33. The van der Waals surface area contributed by atoms with Crippen molar-refractivity contribution in [2.24, 2.45) is 0 Å². The smallest absolute Gasteiger partial charge is 0.124 e. The minimum Gasteiger partial charge on any atom is -0.488 e. The van der Waals surface area contributed by atoms with Gasteiger partial charge in [-0.2, -0.15) is 0 Å². The number of rotatable bonds is 7. The van der Waals surface area contributed by atoms with Gasteiger partial charge in [-0.1, -0.05) is 60.1 Å². The van der Waals surface area contributed by atoms with Gasteiger partial charge in [0.2, 0.25) is 0 Å². The molecule has 1 N–H and O–H groups in total. The molecule has 0 bridgehead atoms. The molecule has 0 aliphatic carbocycles. The summed E-state index contributed by atoms with van der Waals surface area (Å²) in [7, 11) is 0. The Morgan fingerprint density at radius 1 is 0.821 bits per heavy atom. The van der Waals surface area contributed by atoms with Crippen LogP contribution in [0.25, 0.3) is 10.8 Å². The first-order valence-electron chi connectivity index (χ1n) is 9.28. The number of nitrogens with one attached hydrogen (secondary N) is 1. The summed E-state index contributed by atoms with van der Waals surface area (Å²) in [5, 5.41) is 6.65. The van der Waals surface area contributed by atoms with E-state index in [0.717, 1.165) is 28.4 Å². The van der Waals surface area contributed by atoms with E-state index in [1.807, 2.05) is 54.9 Å². The summed E-state index contributed by atoms with van der Waals surface area (Å²) < 4.78 is 6.18. The molecule has 4 heteroatoms. The molecule has 0 amide bonds. The van der Waals surface area contributed by atoms with Gasteiger partial charge in [0, 0.05) is 41.6 Å². The van der Waals surface area contributed by atoms with Gasteiger partial charge in [-0.3, -0.25) is 4.98 Å². The van der Waals surface area contributed by atoms with Crippen LogP contribution >= 0.6 is 11.6 Å². The minimum absolute atomic E-state index is 0.440. The zero-order chi connectivity index (χ0) is 19.2. The minimum atomic E-state index is 0.440. The highest BCUT2D eigenvalue weighted by molar-refractivity contribution is 6.31. The molecule has 4 rings (SSSR count). The van der Waals surface area contributed by atoms with Gasteiger partial charge in [-0.15, -0.1) is 0 Å². The Bertz CT molecular complexity index is 1070. The molecule has 0 saturated carbocycles. The first-order valence-corrected chi connectivity index (χ1v) is 9.65. The van der Waals surface area contributed by atoms with E-state index < -0.39 is 0 Å². The molecule has 4 aromatic rings. The molecular weight excluding hydrogens is 368 g/mol. The average molecular weight is 389 g/mol. The van der Waals surface area contributed by atoms with E-state index >= 15 is 0 Å². The van der Waals surface area contributed by atoms with Crippen LogP contribution in [-0.4, -0.2) is 4.98 Å². The summed E-state index contributed by atoms with van der Waals surface area (Å²) >= 11 is 6.28. The first kappa shape index (κ1) is 18.5. The summed E-state index contributed by atoms with van der Waals surface area (Å²) in [6.45, 7) is 1.92. The van der Waals surface area contributed by atoms with Crippen molar-refractivity contribution < 1.29 is 4.74 Å². The van der Waals surface area contributed by atoms with Crippen LogP contribution < -0.4 is 10.1 Å². The van der Waals surface area contributed by atoms with E-state index in [1.165, 1.54) is 16.3 Å². The molecule has 28 heavy (non-hydrogen) atoms. The molecule has 1 aromatic heterocycles. The summed E-state index contributed by atoms with van der Waals surface area (Å²) in [6.07, 6.45) is 3.63. The number of pyridine rings is 1. The fourth-order valence-corrected chi connectivity index (χ4v) is 3.43. The molecule has 0 spiro atoms. The number of aromatic nitrogens is 1. The third-order valence-electron chi connectivity index (χ3n) is 4.72. The zero-order valence-corrected chi connectivity index (χ0v) is 16.2. The molecule has 0 unspecified atom stereocenters. The maximum absolute atomic E-state index is 6.28. The van der Waals surface area contributed by atoms with E-state index in [9.17, 15) is 0 Å². The van der Waals surface area contributed by atoms with Crippen molar-refractivity contribution in [1.82, 2.24) is 10.3 Å². The lowest BCUT2D eigenvalue weighted by Crippen LogP contribution is -2.14. The van der Waals surface area contributed by atoms with Crippen LogP contribution in [0.2, 0.25) is 5.02 Å². The van der Waals surface area contributed by atoms with Crippen LogP contribution in [0.3, 0.4) is 0 Å². The van der Waals surface area contributed by atoms with Crippen LogP contribution in [0.5, 0.6) is 5.75 Å². The van der Waals surface area contributed by atoms with Gasteiger partial charge in [0.25, 0.3) is 0 Å². The van der Waals surface area contributed by atoms with Crippen molar-refractivity contribution in [3.05, 3.63) is 107 Å². The van der Waals surface area contributed by atoms with Crippen LogP contribution in [0.4, 0.5) is 0 Å². The van der Waals surface area contributed by atoms with Crippen molar-refractivity contribution >= 4 is 22.4 Å². The second-order valence-electron chi connectivity index (χ2n) is 6.60. The SMILES string of the molecule is Clc1ccccc1COc1ccc2ccccc2c1CNCc1ccncc1. The Kier molecular flexibility index (Phi) is 5.86. The predicted octanol–water partition coefficient (Wildman–Crippen LogP) is 5.76. The number of hydrogen-bond donors (Lipinski definition) is 1. The van der Waals surface area contributed by atoms with Gasteiger partial charge in [-0.05, 0) is 40.6 Å². The highest BCUT2D eigenvalue weighted by Crippen LogP contribution is 2.29. The largest absolute Gasteiger partial charge is 0.488 e. The maximum atomic E-state index is 6.28. The van der Waals surface area contributed by atoms with Crippen LogP contribution in [0.15, 0.2) is 85.2 Å². The van der Waals surface area contributed by atoms with E-state index in [1.54, 1.807) is 0 Å². The second kappa shape index (κ2) is 8.87. The highest BCUT2D eigenvalue weighted by Gasteiger charge is 2.10. The van der Waals surface area contributed by atoms with Gasteiger partial charge in [0.15, 0.2) is 0 Å². The molecule has 0 radical (unpaired) electrons. The van der Waals surface area contributed by atoms with Crippen LogP contribution in [0, 0.1) is 0 Å². The maximum Gasteiger partial charge on any atom is 0.124 e. The lowest BCUT2D eigenvalue weighted by atomic mass is 10.0. The zero-order valence-electron chi connectivity index (χ0n) is 15.4. The molecule has 140 valence electrons. The molecule has 1 heterocycles. The Hall–Kier alpha value is -2.88. The number of fused-ring (bicyclic) bond motifs is 1.